The third-order valence-corrected chi connectivity index (χ3v) is 2.52. The molecule has 2 N–H and O–H groups in total. The summed E-state index contributed by atoms with van der Waals surface area (Å²) >= 11 is 0. The van der Waals surface area contributed by atoms with Crippen molar-refractivity contribution >= 4 is 5.95 Å². The highest BCUT2D eigenvalue weighted by molar-refractivity contribution is 5.25. The number of hydrogen-bond acceptors (Lipinski definition) is 7. The first kappa shape index (κ1) is 10.9. The monoisotopic (exact) mass is 248 g/mol. The molecule has 8 heteroatoms. The maximum atomic E-state index is 5.63. The van der Waals surface area contributed by atoms with Crippen molar-refractivity contribution in [1.29, 1.82) is 0 Å². The second kappa shape index (κ2) is 4.57. The normalized spacial score (nSPS) is 19.0. The van der Waals surface area contributed by atoms with Crippen molar-refractivity contribution in [2.75, 3.05) is 18.9 Å². The Hall–Kier alpha value is -2.22. The molecule has 2 aromatic heterocycles. The Morgan fingerprint density at radius 1 is 1.39 bits per heavy atom. The third kappa shape index (κ3) is 2.23. The molecule has 0 aliphatic carbocycles. The van der Waals surface area contributed by atoms with Gasteiger partial charge in [-0.2, -0.15) is 15.0 Å². The van der Waals surface area contributed by atoms with Crippen LogP contribution in [0.5, 0.6) is 6.01 Å². The van der Waals surface area contributed by atoms with E-state index in [1.54, 1.807) is 23.3 Å². The smallest absolute Gasteiger partial charge is 0.323 e. The van der Waals surface area contributed by atoms with E-state index in [0.717, 1.165) is 6.42 Å². The van der Waals surface area contributed by atoms with E-state index in [9.17, 15) is 0 Å². The van der Waals surface area contributed by atoms with Crippen LogP contribution in [0, 0.1) is 0 Å². The Kier molecular flexibility index (Phi) is 2.77. The van der Waals surface area contributed by atoms with Crippen molar-refractivity contribution in [3.05, 3.63) is 18.7 Å². The van der Waals surface area contributed by atoms with E-state index < -0.39 is 0 Å². The van der Waals surface area contributed by atoms with E-state index >= 15 is 0 Å². The molecular formula is C10H12N6O2. The largest absolute Gasteiger partial charge is 0.457 e. The summed E-state index contributed by atoms with van der Waals surface area (Å²) in [5.41, 5.74) is 5.63. The lowest BCUT2D eigenvalue weighted by Gasteiger charge is -2.10. The van der Waals surface area contributed by atoms with Gasteiger partial charge in [0.1, 0.15) is 12.4 Å². The van der Waals surface area contributed by atoms with E-state index in [0.29, 0.717) is 19.2 Å². The molecule has 1 atom stereocenters. The van der Waals surface area contributed by atoms with Crippen LogP contribution in [0.1, 0.15) is 6.42 Å². The molecule has 0 aromatic carbocycles. The number of imidazole rings is 1. The summed E-state index contributed by atoms with van der Waals surface area (Å²) in [6.07, 6.45) is 5.73. The molecule has 1 aliphatic rings. The van der Waals surface area contributed by atoms with Gasteiger partial charge in [-0.1, -0.05) is 0 Å². The van der Waals surface area contributed by atoms with Crippen LogP contribution in [-0.2, 0) is 4.74 Å². The number of rotatable bonds is 3. The van der Waals surface area contributed by atoms with Crippen LogP contribution in [0.25, 0.3) is 5.95 Å². The van der Waals surface area contributed by atoms with Crippen molar-refractivity contribution in [2.24, 2.45) is 0 Å². The van der Waals surface area contributed by atoms with Gasteiger partial charge in [-0.15, -0.1) is 0 Å². The van der Waals surface area contributed by atoms with Gasteiger partial charge in [0.25, 0.3) is 0 Å². The minimum Gasteiger partial charge on any atom is -0.457 e. The summed E-state index contributed by atoms with van der Waals surface area (Å²) in [4.78, 5) is 16.1. The molecule has 0 bridgehead atoms. The third-order valence-electron chi connectivity index (χ3n) is 2.52. The average molecular weight is 248 g/mol. The van der Waals surface area contributed by atoms with Crippen LogP contribution >= 0.6 is 0 Å². The number of anilines is 1. The number of hydrogen-bond donors (Lipinski definition) is 1. The topological polar surface area (TPSA) is 101 Å². The zero-order valence-electron chi connectivity index (χ0n) is 9.56. The highest BCUT2D eigenvalue weighted by atomic mass is 16.6. The van der Waals surface area contributed by atoms with Crippen LogP contribution in [0.4, 0.5) is 5.95 Å². The highest BCUT2D eigenvalue weighted by Gasteiger charge is 2.19. The van der Waals surface area contributed by atoms with Crippen molar-refractivity contribution in [2.45, 2.75) is 12.5 Å². The summed E-state index contributed by atoms with van der Waals surface area (Å²) in [6.45, 7) is 1.24. The molecule has 3 rings (SSSR count). The molecular weight excluding hydrogens is 236 g/mol. The number of nitrogens with zero attached hydrogens (tertiary/aromatic N) is 5. The van der Waals surface area contributed by atoms with Gasteiger partial charge in [0.05, 0.1) is 13.2 Å². The maximum absolute atomic E-state index is 5.63. The zero-order valence-corrected chi connectivity index (χ0v) is 9.56. The average Bonchev–Trinajstić information content (AvgIpc) is 3.00. The van der Waals surface area contributed by atoms with Gasteiger partial charge < -0.3 is 15.2 Å². The van der Waals surface area contributed by atoms with Crippen LogP contribution in [0.3, 0.4) is 0 Å². The van der Waals surface area contributed by atoms with Gasteiger partial charge in [0, 0.05) is 18.8 Å². The summed E-state index contributed by atoms with van der Waals surface area (Å²) in [7, 11) is 0. The fraction of sp³-hybridized carbons (Fsp3) is 0.400. The first-order valence-electron chi connectivity index (χ1n) is 5.55. The van der Waals surface area contributed by atoms with Gasteiger partial charge in [0.2, 0.25) is 11.9 Å². The molecule has 2 aromatic rings. The maximum Gasteiger partial charge on any atom is 0.323 e. The minimum absolute atomic E-state index is 0.0255. The molecule has 1 fully saturated rings. The molecule has 94 valence electrons. The Labute approximate surface area is 103 Å². The molecule has 0 amide bonds. The van der Waals surface area contributed by atoms with E-state index in [4.69, 9.17) is 15.2 Å². The molecule has 1 unspecified atom stereocenters. The van der Waals surface area contributed by atoms with Crippen molar-refractivity contribution in [3.63, 3.8) is 0 Å². The number of aromatic nitrogens is 5. The molecule has 0 saturated carbocycles. The molecule has 1 saturated heterocycles. The number of nitrogen functional groups attached to an aromatic ring is 1. The van der Waals surface area contributed by atoms with Crippen LogP contribution in [0.2, 0.25) is 0 Å². The van der Waals surface area contributed by atoms with Gasteiger partial charge in [0.15, 0.2) is 0 Å². The SMILES string of the molecule is Nc1nc(OC2CCOC2)nc(-n2ccnc2)n1. The van der Waals surface area contributed by atoms with E-state index in [1.165, 1.54) is 0 Å². The Morgan fingerprint density at radius 2 is 2.33 bits per heavy atom. The fourth-order valence-electron chi connectivity index (χ4n) is 1.66. The van der Waals surface area contributed by atoms with E-state index in [-0.39, 0.29) is 18.1 Å². The van der Waals surface area contributed by atoms with Gasteiger partial charge in [-0.3, -0.25) is 4.57 Å². The predicted molar refractivity (Wildman–Crippen MR) is 61.2 cm³/mol. The number of ether oxygens (including phenoxy) is 2. The zero-order chi connectivity index (χ0) is 12.4. The quantitative estimate of drug-likeness (QED) is 0.803. The van der Waals surface area contributed by atoms with Crippen molar-refractivity contribution in [3.8, 4) is 12.0 Å². The summed E-state index contributed by atoms with van der Waals surface area (Å²) < 4.78 is 12.4. The molecule has 3 heterocycles. The molecule has 1 aliphatic heterocycles. The van der Waals surface area contributed by atoms with Crippen LogP contribution < -0.4 is 10.5 Å². The van der Waals surface area contributed by atoms with Crippen LogP contribution in [0.15, 0.2) is 18.7 Å². The van der Waals surface area contributed by atoms with E-state index in [1.807, 2.05) is 0 Å². The Bertz CT molecular complexity index is 523. The molecule has 0 radical (unpaired) electrons. The molecule has 8 nitrogen and oxygen atoms in total. The fourth-order valence-corrected chi connectivity index (χ4v) is 1.66. The second-order valence-electron chi connectivity index (χ2n) is 3.85. The highest BCUT2D eigenvalue weighted by Crippen LogP contribution is 2.14. The van der Waals surface area contributed by atoms with Gasteiger partial charge >= 0.3 is 6.01 Å². The molecule has 0 spiro atoms. The Morgan fingerprint density at radius 3 is 3.06 bits per heavy atom. The predicted octanol–water partition coefficient (Wildman–Crippen LogP) is -0.193. The lowest BCUT2D eigenvalue weighted by Crippen LogP contribution is -2.18. The van der Waals surface area contributed by atoms with E-state index in [2.05, 4.69) is 19.9 Å². The first-order valence-corrected chi connectivity index (χ1v) is 5.55. The standard InChI is InChI=1S/C10H12N6O2/c11-8-13-9(16-3-2-12-6-16)15-10(14-8)18-7-1-4-17-5-7/h2-3,6-7H,1,4-5H2,(H2,11,13,14,15). The lowest BCUT2D eigenvalue weighted by molar-refractivity contribution is 0.134. The first-order chi connectivity index (χ1) is 8.81. The lowest BCUT2D eigenvalue weighted by atomic mass is 10.3. The van der Waals surface area contributed by atoms with Gasteiger partial charge in [-0.05, 0) is 0 Å². The van der Waals surface area contributed by atoms with Gasteiger partial charge in [-0.25, -0.2) is 4.98 Å². The van der Waals surface area contributed by atoms with Crippen molar-refractivity contribution < 1.29 is 9.47 Å². The number of nitrogens with two attached hydrogens (primary N) is 1. The summed E-state index contributed by atoms with van der Waals surface area (Å²) in [5.74, 6) is 0.497. The molecule has 18 heavy (non-hydrogen) atoms. The summed E-state index contributed by atoms with van der Waals surface area (Å²) in [6, 6.07) is 0.210. The minimum atomic E-state index is -0.0255. The van der Waals surface area contributed by atoms with Crippen molar-refractivity contribution in [1.82, 2.24) is 24.5 Å². The Balaban J connectivity index is 1.86. The second-order valence-corrected chi connectivity index (χ2v) is 3.85. The van der Waals surface area contributed by atoms with Crippen LogP contribution in [-0.4, -0.2) is 43.8 Å². The summed E-state index contributed by atoms with van der Waals surface area (Å²) in [5, 5.41) is 0.